The van der Waals surface area contributed by atoms with Gasteiger partial charge in [-0.3, -0.25) is 0 Å². The van der Waals surface area contributed by atoms with E-state index < -0.39 is 0 Å². The van der Waals surface area contributed by atoms with Crippen molar-refractivity contribution in [3.63, 3.8) is 0 Å². The first-order valence-corrected chi connectivity index (χ1v) is 5.34. The van der Waals surface area contributed by atoms with Crippen LogP contribution in [0.4, 0.5) is 5.69 Å². The van der Waals surface area contributed by atoms with Crippen molar-refractivity contribution in [3.8, 4) is 0 Å². The van der Waals surface area contributed by atoms with E-state index in [1.54, 1.807) is 0 Å². The summed E-state index contributed by atoms with van der Waals surface area (Å²) < 4.78 is 5.36. The number of hydrogen-bond acceptors (Lipinski definition) is 3. The van der Waals surface area contributed by atoms with E-state index in [0.29, 0.717) is 6.61 Å². The van der Waals surface area contributed by atoms with Gasteiger partial charge in [0.15, 0.2) is 0 Å². The molecule has 1 heterocycles. The third-order valence-electron chi connectivity index (χ3n) is 2.86. The van der Waals surface area contributed by atoms with Crippen molar-refractivity contribution in [2.45, 2.75) is 13.0 Å². The van der Waals surface area contributed by atoms with E-state index in [9.17, 15) is 5.11 Å². The third kappa shape index (κ3) is 2.13. The van der Waals surface area contributed by atoms with Crippen LogP contribution in [0.2, 0.25) is 0 Å². The number of anilines is 1. The maximum Gasteiger partial charge on any atom is 0.0755 e. The molecule has 1 N–H and O–H groups in total. The Hall–Kier alpha value is -1.06. The fraction of sp³-hybridized carbons (Fsp3) is 0.500. The van der Waals surface area contributed by atoms with Crippen molar-refractivity contribution in [3.05, 3.63) is 29.8 Å². The zero-order valence-corrected chi connectivity index (χ0v) is 9.02. The van der Waals surface area contributed by atoms with Gasteiger partial charge in [-0.1, -0.05) is 18.2 Å². The molecular weight excluding hydrogens is 190 g/mol. The number of benzene rings is 1. The first-order chi connectivity index (χ1) is 7.33. The van der Waals surface area contributed by atoms with Crippen molar-refractivity contribution >= 4 is 5.69 Å². The largest absolute Gasteiger partial charge is 0.394 e. The molecular formula is C12H17NO2. The molecule has 1 atom stereocenters. The summed E-state index contributed by atoms with van der Waals surface area (Å²) in [6, 6.07) is 8.36. The Labute approximate surface area is 90.3 Å². The molecule has 0 amide bonds. The number of para-hydroxylation sites is 1. The number of nitrogens with zero attached hydrogens (tertiary/aromatic N) is 1. The average Bonchev–Trinajstić information content (AvgIpc) is 2.30. The van der Waals surface area contributed by atoms with Gasteiger partial charge in [0.25, 0.3) is 0 Å². The number of aliphatic hydroxyl groups is 1. The SMILES string of the molecule is Cc1ccccc1N1CCOCC1CO. The minimum Gasteiger partial charge on any atom is -0.394 e. The molecule has 3 nitrogen and oxygen atoms in total. The Morgan fingerprint density at radius 3 is 3.00 bits per heavy atom. The van der Waals surface area contributed by atoms with Crippen LogP contribution in [-0.2, 0) is 4.74 Å². The molecule has 1 aromatic rings. The van der Waals surface area contributed by atoms with Crippen molar-refractivity contribution in [1.82, 2.24) is 0 Å². The summed E-state index contributed by atoms with van der Waals surface area (Å²) in [7, 11) is 0. The second kappa shape index (κ2) is 4.64. The summed E-state index contributed by atoms with van der Waals surface area (Å²) in [6.07, 6.45) is 0. The average molecular weight is 207 g/mol. The van der Waals surface area contributed by atoms with Crippen LogP contribution < -0.4 is 4.90 Å². The van der Waals surface area contributed by atoms with Crippen molar-refractivity contribution in [2.24, 2.45) is 0 Å². The first-order valence-electron chi connectivity index (χ1n) is 5.34. The summed E-state index contributed by atoms with van der Waals surface area (Å²) in [6.45, 7) is 4.46. The molecule has 0 aliphatic carbocycles. The van der Waals surface area contributed by atoms with Gasteiger partial charge in [0.2, 0.25) is 0 Å². The molecule has 0 bridgehead atoms. The minimum absolute atomic E-state index is 0.0971. The van der Waals surface area contributed by atoms with Crippen molar-refractivity contribution in [2.75, 3.05) is 31.3 Å². The second-order valence-corrected chi connectivity index (χ2v) is 3.89. The molecule has 0 radical (unpaired) electrons. The van der Waals surface area contributed by atoms with E-state index >= 15 is 0 Å². The van der Waals surface area contributed by atoms with Crippen molar-refractivity contribution < 1.29 is 9.84 Å². The predicted octanol–water partition coefficient (Wildman–Crippen LogP) is 1.19. The molecule has 1 saturated heterocycles. The lowest BCUT2D eigenvalue weighted by atomic mass is 10.1. The van der Waals surface area contributed by atoms with E-state index in [4.69, 9.17) is 4.74 Å². The second-order valence-electron chi connectivity index (χ2n) is 3.89. The van der Waals surface area contributed by atoms with Crippen LogP contribution >= 0.6 is 0 Å². The van der Waals surface area contributed by atoms with Gasteiger partial charge in [0, 0.05) is 12.2 Å². The zero-order chi connectivity index (χ0) is 10.7. The fourth-order valence-electron chi connectivity index (χ4n) is 2.01. The van der Waals surface area contributed by atoms with E-state index in [0.717, 1.165) is 13.2 Å². The highest BCUT2D eigenvalue weighted by molar-refractivity contribution is 5.54. The summed E-state index contributed by atoms with van der Waals surface area (Å²) in [5, 5.41) is 9.29. The number of ether oxygens (including phenoxy) is 1. The zero-order valence-electron chi connectivity index (χ0n) is 9.02. The van der Waals surface area contributed by atoms with Crippen LogP contribution in [0.25, 0.3) is 0 Å². The van der Waals surface area contributed by atoms with E-state index in [-0.39, 0.29) is 12.6 Å². The van der Waals surface area contributed by atoms with E-state index in [2.05, 4.69) is 24.0 Å². The fourth-order valence-corrected chi connectivity index (χ4v) is 2.01. The van der Waals surface area contributed by atoms with Gasteiger partial charge >= 0.3 is 0 Å². The molecule has 15 heavy (non-hydrogen) atoms. The van der Waals surface area contributed by atoms with Gasteiger partial charge in [0.1, 0.15) is 0 Å². The molecule has 2 rings (SSSR count). The summed E-state index contributed by atoms with van der Waals surface area (Å²) in [4.78, 5) is 2.23. The van der Waals surface area contributed by atoms with Crippen LogP contribution in [0.5, 0.6) is 0 Å². The molecule has 1 aliphatic heterocycles. The molecule has 0 saturated carbocycles. The summed E-state index contributed by atoms with van der Waals surface area (Å²) in [5.74, 6) is 0. The third-order valence-corrected chi connectivity index (χ3v) is 2.86. The maximum atomic E-state index is 9.29. The quantitative estimate of drug-likeness (QED) is 0.790. The van der Waals surface area contributed by atoms with Crippen LogP contribution in [0.15, 0.2) is 24.3 Å². The smallest absolute Gasteiger partial charge is 0.0755 e. The molecule has 0 aromatic heterocycles. The first kappa shape index (κ1) is 10.5. The summed E-state index contributed by atoms with van der Waals surface area (Å²) >= 11 is 0. The number of morpholine rings is 1. The monoisotopic (exact) mass is 207 g/mol. The highest BCUT2D eigenvalue weighted by atomic mass is 16.5. The Balaban J connectivity index is 2.24. The number of aliphatic hydroxyl groups excluding tert-OH is 1. The van der Waals surface area contributed by atoms with Crippen molar-refractivity contribution in [1.29, 1.82) is 0 Å². The molecule has 3 heteroatoms. The minimum atomic E-state index is 0.0971. The maximum absolute atomic E-state index is 9.29. The molecule has 1 fully saturated rings. The van der Waals surface area contributed by atoms with Crippen LogP contribution in [0.3, 0.4) is 0 Å². The van der Waals surface area contributed by atoms with Gasteiger partial charge in [-0.05, 0) is 18.6 Å². The number of rotatable bonds is 2. The highest BCUT2D eigenvalue weighted by Crippen LogP contribution is 2.23. The number of aryl methyl sites for hydroxylation is 1. The molecule has 0 spiro atoms. The van der Waals surface area contributed by atoms with Crippen LogP contribution in [0, 0.1) is 6.92 Å². The topological polar surface area (TPSA) is 32.7 Å². The van der Waals surface area contributed by atoms with E-state index in [1.807, 2.05) is 12.1 Å². The van der Waals surface area contributed by atoms with Crippen LogP contribution in [-0.4, -0.2) is 37.5 Å². The molecule has 1 aliphatic rings. The summed E-state index contributed by atoms with van der Waals surface area (Å²) in [5.41, 5.74) is 2.46. The Bertz CT molecular complexity index is 327. The Morgan fingerprint density at radius 1 is 1.47 bits per heavy atom. The Kier molecular flexibility index (Phi) is 3.23. The molecule has 1 unspecified atom stereocenters. The number of hydrogen-bond donors (Lipinski definition) is 1. The van der Waals surface area contributed by atoms with Gasteiger partial charge in [-0.25, -0.2) is 0 Å². The van der Waals surface area contributed by atoms with Gasteiger partial charge in [0.05, 0.1) is 25.9 Å². The standard InChI is InChI=1S/C12H17NO2/c1-10-4-2-3-5-12(10)13-6-7-15-9-11(13)8-14/h2-5,11,14H,6-9H2,1H3. The highest BCUT2D eigenvalue weighted by Gasteiger charge is 2.23. The predicted molar refractivity (Wildman–Crippen MR) is 60.2 cm³/mol. The van der Waals surface area contributed by atoms with Gasteiger partial charge in [-0.2, -0.15) is 0 Å². The lowest BCUT2D eigenvalue weighted by molar-refractivity contribution is 0.0726. The molecule has 1 aromatic carbocycles. The van der Waals surface area contributed by atoms with E-state index in [1.165, 1.54) is 11.3 Å². The van der Waals surface area contributed by atoms with Gasteiger partial charge in [-0.15, -0.1) is 0 Å². The lowest BCUT2D eigenvalue weighted by Gasteiger charge is -2.37. The Morgan fingerprint density at radius 2 is 2.27 bits per heavy atom. The lowest BCUT2D eigenvalue weighted by Crippen LogP contribution is -2.47. The van der Waals surface area contributed by atoms with Gasteiger partial charge < -0.3 is 14.7 Å². The normalized spacial score (nSPS) is 21.7. The molecule has 82 valence electrons. The van der Waals surface area contributed by atoms with Crippen LogP contribution in [0.1, 0.15) is 5.56 Å².